The van der Waals surface area contributed by atoms with E-state index in [1.807, 2.05) is 6.08 Å². The lowest BCUT2D eigenvalue weighted by atomic mass is 9.88. The number of aliphatic hydroxyl groups is 2. The second-order valence-electron chi connectivity index (χ2n) is 8.42. The van der Waals surface area contributed by atoms with E-state index in [2.05, 4.69) is 19.1 Å². The molecule has 0 saturated heterocycles. The predicted octanol–water partition coefficient (Wildman–Crippen LogP) is 4.50. The van der Waals surface area contributed by atoms with Crippen molar-refractivity contribution < 1.29 is 19.7 Å². The molecule has 0 spiro atoms. The van der Waals surface area contributed by atoms with Crippen LogP contribution in [0.15, 0.2) is 23.8 Å². The lowest BCUT2D eigenvalue weighted by Gasteiger charge is -2.19. The van der Waals surface area contributed by atoms with Gasteiger partial charge in [0.25, 0.3) is 0 Å². The minimum atomic E-state index is -2.88. The molecule has 0 aliphatic heterocycles. The normalized spacial score (nSPS) is 31.8. The molecule has 0 radical (unpaired) electrons. The maximum atomic E-state index is 11.3. The zero-order chi connectivity index (χ0) is 19.2. The fraction of sp³-hybridized carbons (Fsp3) is 0.810. The summed E-state index contributed by atoms with van der Waals surface area (Å²) in [4.78, 5) is 9.36. The summed E-state index contributed by atoms with van der Waals surface area (Å²) in [6.45, 7) is 3.59. The summed E-state index contributed by atoms with van der Waals surface area (Å²) in [6.07, 6.45) is 14.7. The van der Waals surface area contributed by atoms with Crippen molar-refractivity contribution in [3.8, 4) is 0 Å². The topological polar surface area (TPSA) is 77.8 Å². The molecular weight excluding hydrogens is 347 g/mol. The summed E-state index contributed by atoms with van der Waals surface area (Å²) in [5.74, 6) is 1.04. The molecule has 0 amide bonds. The van der Waals surface area contributed by atoms with Crippen LogP contribution < -0.4 is 0 Å². The van der Waals surface area contributed by atoms with Crippen molar-refractivity contribution >= 4 is 7.37 Å². The molecule has 1 fully saturated rings. The highest BCUT2D eigenvalue weighted by molar-refractivity contribution is 7.57. The van der Waals surface area contributed by atoms with Crippen molar-refractivity contribution in [2.75, 3.05) is 12.8 Å². The second-order valence-corrected chi connectivity index (χ2v) is 11.0. The number of allylic oxidation sites excluding steroid dienone is 2. The summed E-state index contributed by atoms with van der Waals surface area (Å²) in [5, 5.41) is 20.5. The van der Waals surface area contributed by atoms with E-state index in [1.54, 1.807) is 0 Å². The number of hydrogen-bond donors (Lipinski definition) is 3. The molecule has 0 aromatic heterocycles. The molecule has 0 aromatic rings. The molecule has 2 aliphatic rings. The lowest BCUT2D eigenvalue weighted by Crippen LogP contribution is -2.18. The van der Waals surface area contributed by atoms with Crippen LogP contribution in [0.1, 0.15) is 64.7 Å². The number of hydrogen-bond acceptors (Lipinski definition) is 3. The molecule has 6 unspecified atom stereocenters. The summed E-state index contributed by atoms with van der Waals surface area (Å²) in [7, 11) is -2.88. The van der Waals surface area contributed by atoms with E-state index in [9.17, 15) is 19.7 Å². The Morgan fingerprint density at radius 2 is 2.08 bits per heavy atom. The van der Waals surface area contributed by atoms with Crippen molar-refractivity contribution in [1.82, 2.24) is 0 Å². The van der Waals surface area contributed by atoms with Crippen LogP contribution in [0.25, 0.3) is 0 Å². The Balaban J connectivity index is 1.78. The van der Waals surface area contributed by atoms with E-state index in [0.717, 1.165) is 57.8 Å². The molecule has 2 aliphatic carbocycles. The van der Waals surface area contributed by atoms with Gasteiger partial charge in [0.1, 0.15) is 0 Å². The largest absolute Gasteiger partial charge is 0.392 e. The van der Waals surface area contributed by atoms with Gasteiger partial charge >= 0.3 is 0 Å². The van der Waals surface area contributed by atoms with Gasteiger partial charge in [-0.2, -0.15) is 0 Å². The van der Waals surface area contributed by atoms with Gasteiger partial charge in [-0.25, -0.2) is 0 Å². The summed E-state index contributed by atoms with van der Waals surface area (Å²) < 4.78 is 11.3. The Morgan fingerprint density at radius 3 is 2.77 bits per heavy atom. The Morgan fingerprint density at radius 1 is 1.31 bits per heavy atom. The molecule has 0 bridgehead atoms. The van der Waals surface area contributed by atoms with Crippen LogP contribution in [0, 0.1) is 17.8 Å². The van der Waals surface area contributed by atoms with Gasteiger partial charge < -0.3 is 15.1 Å². The molecule has 5 heteroatoms. The zero-order valence-electron chi connectivity index (χ0n) is 16.4. The smallest absolute Gasteiger partial charge is 0.197 e. The third kappa shape index (κ3) is 6.96. The molecule has 6 atom stereocenters. The van der Waals surface area contributed by atoms with Crippen molar-refractivity contribution in [2.24, 2.45) is 17.8 Å². The SMILES string of the molecule is CCCCCC(O)/C=C/C1C(O)CC2C=C(CCCCP(C)(=O)O)CC21. The number of unbranched alkanes of at least 4 members (excludes halogenated alkanes) is 3. The van der Waals surface area contributed by atoms with Crippen molar-refractivity contribution in [2.45, 2.75) is 76.9 Å². The van der Waals surface area contributed by atoms with Crippen LogP contribution in [-0.2, 0) is 4.57 Å². The fourth-order valence-electron chi connectivity index (χ4n) is 4.50. The number of aliphatic hydroxyl groups excluding tert-OH is 2. The number of rotatable bonds is 11. The lowest BCUT2D eigenvalue weighted by molar-refractivity contribution is 0.139. The van der Waals surface area contributed by atoms with Crippen molar-refractivity contribution in [3.63, 3.8) is 0 Å². The first-order valence-electron chi connectivity index (χ1n) is 10.3. The fourth-order valence-corrected chi connectivity index (χ4v) is 5.31. The summed E-state index contributed by atoms with van der Waals surface area (Å²) in [6, 6.07) is 0. The molecule has 0 heterocycles. The van der Waals surface area contributed by atoms with Gasteiger partial charge in [0.05, 0.1) is 12.2 Å². The summed E-state index contributed by atoms with van der Waals surface area (Å²) in [5.41, 5.74) is 1.44. The number of fused-ring (bicyclic) bond motifs is 1. The average molecular weight is 384 g/mol. The minimum absolute atomic E-state index is 0.142. The predicted molar refractivity (Wildman–Crippen MR) is 108 cm³/mol. The zero-order valence-corrected chi connectivity index (χ0v) is 17.3. The maximum Gasteiger partial charge on any atom is 0.197 e. The average Bonchev–Trinajstić information content (AvgIpc) is 3.06. The Hall–Kier alpha value is -0.410. The van der Waals surface area contributed by atoms with Crippen LogP contribution in [0.2, 0.25) is 0 Å². The first kappa shape index (κ1) is 21.9. The van der Waals surface area contributed by atoms with E-state index in [0.29, 0.717) is 18.0 Å². The first-order chi connectivity index (χ1) is 12.3. The van der Waals surface area contributed by atoms with Crippen LogP contribution >= 0.6 is 7.37 Å². The van der Waals surface area contributed by atoms with Crippen LogP contribution in [0.3, 0.4) is 0 Å². The van der Waals surface area contributed by atoms with Crippen LogP contribution in [0.5, 0.6) is 0 Å². The molecule has 26 heavy (non-hydrogen) atoms. The van der Waals surface area contributed by atoms with Gasteiger partial charge in [-0.15, -0.1) is 0 Å². The quantitative estimate of drug-likeness (QED) is 0.278. The van der Waals surface area contributed by atoms with Crippen molar-refractivity contribution in [3.05, 3.63) is 23.8 Å². The van der Waals surface area contributed by atoms with Crippen molar-refractivity contribution in [1.29, 1.82) is 0 Å². The van der Waals surface area contributed by atoms with E-state index >= 15 is 0 Å². The van der Waals surface area contributed by atoms with Gasteiger partial charge in [-0.1, -0.05) is 50.0 Å². The van der Waals surface area contributed by atoms with Gasteiger partial charge in [0.15, 0.2) is 7.37 Å². The monoisotopic (exact) mass is 384 g/mol. The summed E-state index contributed by atoms with van der Waals surface area (Å²) >= 11 is 0. The van der Waals surface area contributed by atoms with Gasteiger partial charge in [0.2, 0.25) is 0 Å². The van der Waals surface area contributed by atoms with Gasteiger partial charge in [0, 0.05) is 18.7 Å². The van der Waals surface area contributed by atoms with E-state index in [4.69, 9.17) is 0 Å². The molecule has 0 aromatic carbocycles. The highest BCUT2D eigenvalue weighted by atomic mass is 31.2. The van der Waals surface area contributed by atoms with E-state index in [-0.39, 0.29) is 12.0 Å². The first-order valence-corrected chi connectivity index (χ1v) is 12.6. The molecule has 3 N–H and O–H groups in total. The Kier molecular flexibility index (Phi) is 8.60. The second kappa shape index (κ2) is 10.2. The molecule has 2 rings (SSSR count). The molecule has 1 saturated carbocycles. The Labute approximate surface area is 158 Å². The van der Waals surface area contributed by atoms with E-state index in [1.165, 1.54) is 12.2 Å². The third-order valence-corrected chi connectivity index (χ3v) is 7.08. The van der Waals surface area contributed by atoms with E-state index < -0.39 is 13.5 Å². The highest BCUT2D eigenvalue weighted by Crippen LogP contribution is 2.48. The standard InChI is InChI=1S/C21H37O4P/c1-3-4-5-9-18(22)10-11-19-20-14-16(13-17(20)15-21(19)23)8-6-7-12-26(2,24)25/h10-11,13,17-23H,3-9,12,14-15H2,1-2H3,(H,24,25)/b11-10+. The van der Waals surface area contributed by atoms with Gasteiger partial charge in [-0.05, 0) is 50.4 Å². The minimum Gasteiger partial charge on any atom is -0.392 e. The molecule has 4 nitrogen and oxygen atoms in total. The maximum absolute atomic E-state index is 11.3. The molecular formula is C21H37O4P. The van der Waals surface area contributed by atoms with Crippen LogP contribution in [-0.4, -0.2) is 40.1 Å². The molecule has 150 valence electrons. The highest BCUT2D eigenvalue weighted by Gasteiger charge is 2.43. The van der Waals surface area contributed by atoms with Gasteiger partial charge in [-0.3, -0.25) is 4.57 Å². The third-order valence-electron chi connectivity index (χ3n) is 5.93. The van der Waals surface area contributed by atoms with Crippen LogP contribution in [0.4, 0.5) is 0 Å². The Bertz CT molecular complexity index is 536.